The number of fused-ring (bicyclic) bond motifs is 1. The highest BCUT2D eigenvalue weighted by Gasteiger charge is 2.42. The second-order valence-electron chi connectivity index (χ2n) is 7.96. The molecule has 148 valence electrons. The third kappa shape index (κ3) is 3.10. The number of nitrogens with one attached hydrogen (secondary N) is 1. The van der Waals surface area contributed by atoms with Gasteiger partial charge in [0.15, 0.2) is 0 Å². The second kappa shape index (κ2) is 6.88. The first-order chi connectivity index (χ1) is 13.3. The second-order valence-corrected chi connectivity index (χ2v) is 7.96. The number of carbonyl (C=O) groups is 1. The van der Waals surface area contributed by atoms with Crippen molar-refractivity contribution >= 4 is 11.7 Å². The Kier molecular flexibility index (Phi) is 4.52. The Morgan fingerprint density at radius 2 is 1.82 bits per heavy atom. The Balaban J connectivity index is 1.47. The van der Waals surface area contributed by atoms with Crippen LogP contribution in [0.4, 0.5) is 5.82 Å². The molecule has 9 nitrogen and oxygen atoms in total. The summed E-state index contributed by atoms with van der Waals surface area (Å²) in [6.45, 7) is 7.07. The summed E-state index contributed by atoms with van der Waals surface area (Å²) in [4.78, 5) is 51.7. The van der Waals surface area contributed by atoms with E-state index < -0.39 is 11.2 Å². The molecule has 2 saturated heterocycles. The van der Waals surface area contributed by atoms with Crippen LogP contribution in [0.25, 0.3) is 0 Å². The van der Waals surface area contributed by atoms with Gasteiger partial charge in [-0.3, -0.25) is 14.2 Å². The Bertz CT molecular complexity index is 1010. The summed E-state index contributed by atoms with van der Waals surface area (Å²) in [6.07, 6.45) is 2.84. The van der Waals surface area contributed by atoms with E-state index in [1.807, 2.05) is 6.07 Å². The van der Waals surface area contributed by atoms with Crippen LogP contribution in [0.5, 0.6) is 0 Å². The molecule has 2 aromatic heterocycles. The number of nitrogens with zero attached hydrogens (tertiary/aromatic N) is 5. The highest BCUT2D eigenvalue weighted by Crippen LogP contribution is 2.34. The molecule has 0 aromatic carbocycles. The number of hydrogen-bond donors (Lipinski definition) is 1. The molecule has 4 rings (SSSR count). The first-order valence-corrected chi connectivity index (χ1v) is 9.50. The van der Waals surface area contributed by atoms with Crippen molar-refractivity contribution in [2.24, 2.45) is 18.9 Å². The summed E-state index contributed by atoms with van der Waals surface area (Å²) in [5.41, 5.74) is -0.0557. The van der Waals surface area contributed by atoms with Crippen LogP contribution < -0.4 is 16.1 Å². The molecule has 1 N–H and O–H groups in total. The number of aromatic nitrogens is 4. The minimum absolute atomic E-state index is 0.0105. The zero-order valence-corrected chi connectivity index (χ0v) is 16.3. The third-order valence-corrected chi connectivity index (χ3v) is 5.77. The summed E-state index contributed by atoms with van der Waals surface area (Å²) >= 11 is 0. The van der Waals surface area contributed by atoms with Gasteiger partial charge in [-0.15, -0.1) is 0 Å². The molecular weight excluding hydrogens is 360 g/mol. The number of carbonyl (C=O) groups excluding carboxylic acids is 1. The normalized spacial score (nSPS) is 21.4. The SMILES string of the molecule is CC(C)c1cc(N2CC3CN(C(=O)c4c[nH]c(=O)n(C)c4=O)CC3C2)ncn1. The highest BCUT2D eigenvalue weighted by atomic mass is 16.2. The summed E-state index contributed by atoms with van der Waals surface area (Å²) < 4.78 is 0.924. The minimum Gasteiger partial charge on any atom is -0.356 e. The molecule has 0 saturated carbocycles. The first-order valence-electron chi connectivity index (χ1n) is 9.50. The van der Waals surface area contributed by atoms with Gasteiger partial charge < -0.3 is 14.8 Å². The van der Waals surface area contributed by atoms with Gasteiger partial charge in [0.25, 0.3) is 11.5 Å². The van der Waals surface area contributed by atoms with Gasteiger partial charge in [-0.05, 0) is 5.92 Å². The zero-order valence-electron chi connectivity index (χ0n) is 16.3. The van der Waals surface area contributed by atoms with Gasteiger partial charge in [-0.2, -0.15) is 0 Å². The Morgan fingerprint density at radius 3 is 2.46 bits per heavy atom. The Labute approximate surface area is 162 Å². The fourth-order valence-electron chi connectivity index (χ4n) is 4.09. The molecule has 0 radical (unpaired) electrons. The van der Waals surface area contributed by atoms with Crippen LogP contribution >= 0.6 is 0 Å². The van der Waals surface area contributed by atoms with Crippen LogP contribution in [-0.2, 0) is 7.05 Å². The molecule has 2 aliphatic heterocycles. The smallest absolute Gasteiger partial charge is 0.328 e. The number of hydrogen-bond acceptors (Lipinski definition) is 6. The van der Waals surface area contributed by atoms with Gasteiger partial charge in [0.2, 0.25) is 0 Å². The van der Waals surface area contributed by atoms with Gasteiger partial charge in [0, 0.05) is 63.0 Å². The molecule has 9 heteroatoms. The molecule has 2 unspecified atom stereocenters. The van der Waals surface area contributed by atoms with Crippen molar-refractivity contribution in [2.75, 3.05) is 31.1 Å². The third-order valence-electron chi connectivity index (χ3n) is 5.77. The van der Waals surface area contributed by atoms with Crippen LogP contribution in [0.15, 0.2) is 28.2 Å². The molecular formula is C19H24N6O3. The van der Waals surface area contributed by atoms with Gasteiger partial charge in [-0.1, -0.05) is 13.8 Å². The summed E-state index contributed by atoms with van der Waals surface area (Å²) in [5, 5.41) is 0. The quantitative estimate of drug-likeness (QED) is 0.810. The number of aromatic amines is 1. The van der Waals surface area contributed by atoms with Crippen LogP contribution in [0, 0.1) is 11.8 Å². The van der Waals surface area contributed by atoms with E-state index in [4.69, 9.17) is 0 Å². The molecule has 2 atom stereocenters. The van der Waals surface area contributed by atoms with E-state index in [1.54, 1.807) is 11.2 Å². The number of H-pyrrole nitrogens is 1. The van der Waals surface area contributed by atoms with Crippen molar-refractivity contribution in [3.8, 4) is 0 Å². The number of amides is 1. The number of rotatable bonds is 3. The maximum absolute atomic E-state index is 12.8. The van der Waals surface area contributed by atoms with E-state index in [0.717, 1.165) is 29.2 Å². The van der Waals surface area contributed by atoms with Crippen molar-refractivity contribution in [2.45, 2.75) is 19.8 Å². The van der Waals surface area contributed by atoms with E-state index in [9.17, 15) is 14.4 Å². The molecule has 2 aliphatic rings. The summed E-state index contributed by atoms with van der Waals surface area (Å²) in [5.74, 6) is 1.64. The lowest BCUT2D eigenvalue weighted by atomic mass is 10.0. The lowest BCUT2D eigenvalue weighted by Crippen LogP contribution is -2.41. The molecule has 0 spiro atoms. The molecule has 28 heavy (non-hydrogen) atoms. The average molecular weight is 384 g/mol. The standard InChI is InChI=1S/C19H24N6O3/c1-11(2)15-4-16(22-10-21-15)24-6-12-8-25(9-13(12)7-24)18(27)14-5-20-19(28)23(3)17(14)26/h4-5,10-13H,6-9H2,1-3H3,(H,20,28). The molecule has 2 fully saturated rings. The topological polar surface area (TPSA) is 104 Å². The predicted molar refractivity (Wildman–Crippen MR) is 104 cm³/mol. The van der Waals surface area contributed by atoms with E-state index in [1.165, 1.54) is 13.2 Å². The molecule has 2 aromatic rings. The van der Waals surface area contributed by atoms with Crippen molar-refractivity contribution in [1.29, 1.82) is 0 Å². The maximum atomic E-state index is 12.8. The van der Waals surface area contributed by atoms with E-state index in [0.29, 0.717) is 30.8 Å². The van der Waals surface area contributed by atoms with Crippen LogP contribution in [0.2, 0.25) is 0 Å². The fraction of sp³-hybridized carbons (Fsp3) is 0.526. The van der Waals surface area contributed by atoms with Crippen LogP contribution in [0.3, 0.4) is 0 Å². The summed E-state index contributed by atoms with van der Waals surface area (Å²) in [6, 6.07) is 2.04. The lowest BCUT2D eigenvalue weighted by Gasteiger charge is -2.22. The van der Waals surface area contributed by atoms with Gasteiger partial charge in [-0.25, -0.2) is 14.8 Å². The molecule has 0 aliphatic carbocycles. The van der Waals surface area contributed by atoms with Crippen LogP contribution in [0.1, 0.15) is 35.8 Å². The maximum Gasteiger partial charge on any atom is 0.328 e. The van der Waals surface area contributed by atoms with Crippen molar-refractivity contribution < 1.29 is 4.79 Å². The average Bonchev–Trinajstić information content (AvgIpc) is 3.25. The van der Waals surface area contributed by atoms with E-state index in [2.05, 4.69) is 33.7 Å². The lowest BCUT2D eigenvalue weighted by molar-refractivity contribution is 0.0779. The van der Waals surface area contributed by atoms with Crippen molar-refractivity contribution in [3.05, 3.63) is 50.7 Å². The van der Waals surface area contributed by atoms with Crippen molar-refractivity contribution in [1.82, 2.24) is 24.4 Å². The zero-order chi connectivity index (χ0) is 20.0. The van der Waals surface area contributed by atoms with Gasteiger partial charge in [0.1, 0.15) is 17.7 Å². The van der Waals surface area contributed by atoms with E-state index in [-0.39, 0.29) is 11.5 Å². The molecule has 0 bridgehead atoms. The fourth-order valence-corrected chi connectivity index (χ4v) is 4.09. The van der Waals surface area contributed by atoms with Crippen molar-refractivity contribution in [3.63, 3.8) is 0 Å². The van der Waals surface area contributed by atoms with Crippen LogP contribution in [-0.4, -0.2) is 56.5 Å². The number of anilines is 1. The Hall–Kier alpha value is -2.97. The molecule has 1 amide bonds. The van der Waals surface area contributed by atoms with Gasteiger partial charge in [0.05, 0.1) is 0 Å². The Morgan fingerprint density at radius 1 is 1.14 bits per heavy atom. The highest BCUT2D eigenvalue weighted by molar-refractivity contribution is 5.93. The number of likely N-dealkylation sites (tertiary alicyclic amines) is 1. The summed E-state index contributed by atoms with van der Waals surface area (Å²) in [7, 11) is 1.36. The minimum atomic E-state index is -0.561. The molecule has 4 heterocycles. The largest absolute Gasteiger partial charge is 0.356 e. The van der Waals surface area contributed by atoms with E-state index >= 15 is 0 Å². The monoisotopic (exact) mass is 384 g/mol. The predicted octanol–water partition coefficient (Wildman–Crippen LogP) is 0.195. The van der Waals surface area contributed by atoms with Gasteiger partial charge >= 0.3 is 5.69 Å². The first kappa shape index (κ1) is 18.4.